The number of carboxylic acid groups (broad SMARTS) is 1. The van der Waals surface area contributed by atoms with E-state index < -0.39 is 22.2 Å². The Hall–Kier alpha value is -3.00. The van der Waals surface area contributed by atoms with Crippen molar-refractivity contribution in [3.63, 3.8) is 0 Å². The molecule has 0 unspecified atom stereocenters. The molecule has 41 heavy (non-hydrogen) atoms. The van der Waals surface area contributed by atoms with Crippen LogP contribution in [0.4, 0.5) is 19.0 Å². The molecule has 224 valence electrons. The maximum Gasteiger partial charge on any atom is 0.490 e. The van der Waals surface area contributed by atoms with Crippen molar-refractivity contribution in [2.75, 3.05) is 26.0 Å². The van der Waals surface area contributed by atoms with Crippen molar-refractivity contribution < 1.29 is 31.5 Å². The van der Waals surface area contributed by atoms with Crippen LogP contribution in [0.15, 0.2) is 53.8 Å². The number of hydrogen-bond donors (Lipinski definition) is 3. The highest BCUT2D eigenvalue weighted by molar-refractivity contribution is 7.89. The van der Waals surface area contributed by atoms with Crippen molar-refractivity contribution in [1.82, 2.24) is 19.6 Å². The maximum absolute atomic E-state index is 13.5. The number of pyridine rings is 2. The van der Waals surface area contributed by atoms with Crippen molar-refractivity contribution in [1.29, 1.82) is 0 Å². The average Bonchev–Trinajstić information content (AvgIpc) is 2.92. The molecule has 1 saturated carbocycles. The second-order valence-electron chi connectivity index (χ2n) is 10.1. The Labute approximate surface area is 242 Å². The number of hydrogen-bond acceptors (Lipinski definition) is 7. The van der Waals surface area contributed by atoms with E-state index in [-0.39, 0.29) is 10.9 Å². The third-order valence-electron chi connectivity index (χ3n) is 6.68. The Balaban J connectivity index is 0.000000587. The van der Waals surface area contributed by atoms with E-state index in [9.17, 15) is 21.6 Å². The van der Waals surface area contributed by atoms with E-state index in [2.05, 4.69) is 24.9 Å². The van der Waals surface area contributed by atoms with Crippen LogP contribution >= 0.6 is 11.6 Å². The van der Waals surface area contributed by atoms with Crippen LogP contribution in [-0.2, 0) is 21.4 Å². The zero-order valence-electron chi connectivity index (χ0n) is 22.7. The minimum absolute atomic E-state index is 0.115. The summed E-state index contributed by atoms with van der Waals surface area (Å²) in [5.74, 6) is -1.79. The van der Waals surface area contributed by atoms with Gasteiger partial charge in [0.2, 0.25) is 10.0 Å². The van der Waals surface area contributed by atoms with Gasteiger partial charge in [-0.25, -0.2) is 22.9 Å². The molecule has 0 aliphatic heterocycles. The number of rotatable bonds is 9. The summed E-state index contributed by atoms with van der Waals surface area (Å²) in [6, 6.07) is 8.81. The Morgan fingerprint density at radius 3 is 2.44 bits per heavy atom. The van der Waals surface area contributed by atoms with Gasteiger partial charge in [-0.3, -0.25) is 4.98 Å². The van der Waals surface area contributed by atoms with Crippen molar-refractivity contribution >= 4 is 44.2 Å². The molecule has 1 aromatic carbocycles. The summed E-state index contributed by atoms with van der Waals surface area (Å²) in [6.07, 6.45) is 5.59. The Morgan fingerprint density at radius 2 is 1.83 bits per heavy atom. The number of halogens is 4. The molecule has 3 N–H and O–H groups in total. The van der Waals surface area contributed by atoms with E-state index in [1.807, 2.05) is 32.3 Å². The molecule has 1 aliphatic rings. The van der Waals surface area contributed by atoms with Crippen molar-refractivity contribution in [2.45, 2.75) is 55.8 Å². The largest absolute Gasteiger partial charge is 0.490 e. The fraction of sp³-hybridized carbons (Fsp3) is 0.444. The fourth-order valence-corrected chi connectivity index (χ4v) is 6.17. The number of nitrogens with one attached hydrogen (secondary N) is 2. The summed E-state index contributed by atoms with van der Waals surface area (Å²) in [5.41, 5.74) is 0.889. The smallest absolute Gasteiger partial charge is 0.475 e. The first-order valence-electron chi connectivity index (χ1n) is 13.0. The van der Waals surface area contributed by atoms with Gasteiger partial charge < -0.3 is 15.3 Å². The van der Waals surface area contributed by atoms with Crippen molar-refractivity contribution in [2.24, 2.45) is 5.92 Å². The van der Waals surface area contributed by atoms with Gasteiger partial charge in [-0.2, -0.15) is 13.2 Å². The maximum atomic E-state index is 13.5. The van der Waals surface area contributed by atoms with Gasteiger partial charge in [-0.05, 0) is 68.1 Å². The van der Waals surface area contributed by atoms with Crippen molar-refractivity contribution in [3.8, 4) is 0 Å². The first-order chi connectivity index (χ1) is 19.3. The summed E-state index contributed by atoms with van der Waals surface area (Å²) >= 11 is 6.23. The van der Waals surface area contributed by atoms with E-state index in [1.165, 1.54) is 6.42 Å². The van der Waals surface area contributed by atoms with E-state index in [1.54, 1.807) is 30.7 Å². The van der Waals surface area contributed by atoms with Crippen LogP contribution < -0.4 is 10.0 Å². The molecule has 0 spiro atoms. The number of alkyl halides is 3. The van der Waals surface area contributed by atoms with E-state index >= 15 is 0 Å². The number of nitrogens with zero attached hydrogens (tertiary/aromatic N) is 3. The molecule has 1 fully saturated rings. The van der Waals surface area contributed by atoms with Gasteiger partial charge in [0.05, 0.1) is 9.92 Å². The lowest BCUT2D eigenvalue weighted by molar-refractivity contribution is -0.192. The first-order valence-corrected chi connectivity index (χ1v) is 14.8. The molecule has 2 aromatic heterocycles. The lowest BCUT2D eigenvalue weighted by Gasteiger charge is -2.32. The molecule has 1 aliphatic carbocycles. The third-order valence-corrected chi connectivity index (χ3v) is 8.51. The summed E-state index contributed by atoms with van der Waals surface area (Å²) < 4.78 is 61.7. The lowest BCUT2D eigenvalue weighted by Crippen LogP contribution is -2.46. The molecule has 0 amide bonds. The molecule has 9 nitrogen and oxygen atoms in total. The molecular weight excluding hydrogens is 583 g/mol. The van der Waals surface area contributed by atoms with E-state index in [4.69, 9.17) is 21.5 Å². The molecule has 2 heterocycles. The molecule has 0 bridgehead atoms. The number of aromatic nitrogens is 2. The van der Waals surface area contributed by atoms with Gasteiger partial charge in [0.15, 0.2) is 0 Å². The molecule has 4 rings (SSSR count). The Morgan fingerprint density at radius 1 is 1.15 bits per heavy atom. The second-order valence-corrected chi connectivity index (χ2v) is 12.2. The van der Waals surface area contributed by atoms with Gasteiger partial charge in [0.25, 0.3) is 0 Å². The number of carboxylic acids is 1. The summed E-state index contributed by atoms with van der Waals surface area (Å²) in [4.78, 5) is 19.7. The monoisotopic (exact) mass is 615 g/mol. The highest BCUT2D eigenvalue weighted by Gasteiger charge is 2.38. The zero-order chi connectivity index (χ0) is 30.2. The quantitative estimate of drug-likeness (QED) is 0.296. The number of fused-ring (bicyclic) bond motifs is 1. The number of benzene rings is 1. The van der Waals surface area contributed by atoms with Crippen LogP contribution in [0, 0.1) is 5.92 Å². The van der Waals surface area contributed by atoms with Gasteiger partial charge in [-0.1, -0.05) is 36.9 Å². The molecular formula is C27H33ClF3N5O4S. The van der Waals surface area contributed by atoms with Crippen molar-refractivity contribution in [3.05, 3.63) is 59.5 Å². The predicted molar refractivity (Wildman–Crippen MR) is 151 cm³/mol. The van der Waals surface area contributed by atoms with E-state index in [0.717, 1.165) is 42.0 Å². The Kier molecular flexibility index (Phi) is 11.3. The van der Waals surface area contributed by atoms with Gasteiger partial charge in [0, 0.05) is 43.1 Å². The molecule has 14 heteroatoms. The Bertz CT molecular complexity index is 1430. The highest BCUT2D eigenvalue weighted by atomic mass is 35.5. The first kappa shape index (κ1) is 32.5. The normalized spacial score (nSPS) is 15.3. The highest BCUT2D eigenvalue weighted by Crippen LogP contribution is 2.29. The van der Waals surface area contributed by atoms with E-state index in [0.29, 0.717) is 29.8 Å². The third kappa shape index (κ3) is 9.52. The standard InChI is InChI=1S/C25H32ClN5O2S.C2HF3O2/c1-31(2)17-24(19-6-4-3-5-7-19)30-34(32,33)21-9-8-18-11-13-28-25(22(18)14-21)29-15-20-10-12-27-16-23(20)26;3-2(4,5)1(6)7/h8-14,16,19,24,30H,3-7,15,17H2,1-2H3,(H,28,29);(H,6,7)/t24-;/m1./s1. The van der Waals surface area contributed by atoms with Crippen LogP contribution in [0.1, 0.15) is 37.7 Å². The van der Waals surface area contributed by atoms with Gasteiger partial charge in [-0.15, -0.1) is 0 Å². The number of aliphatic carboxylic acids is 1. The summed E-state index contributed by atoms with van der Waals surface area (Å²) in [5, 5.41) is 12.6. The van der Waals surface area contributed by atoms with Crippen LogP contribution in [0.25, 0.3) is 10.8 Å². The number of anilines is 1. The van der Waals surface area contributed by atoms with Gasteiger partial charge >= 0.3 is 12.1 Å². The van der Waals surface area contributed by atoms with Crippen LogP contribution in [0.3, 0.4) is 0 Å². The van der Waals surface area contributed by atoms with Gasteiger partial charge in [0.1, 0.15) is 5.82 Å². The molecule has 0 radical (unpaired) electrons. The SMILES string of the molecule is CN(C)C[C@@H](NS(=O)(=O)c1ccc2ccnc(NCc3ccncc3Cl)c2c1)C1CCCCC1.O=C(O)C(F)(F)F. The summed E-state index contributed by atoms with van der Waals surface area (Å²) in [6.45, 7) is 1.13. The topological polar surface area (TPSA) is 125 Å². The number of likely N-dealkylation sites (N-methyl/N-ethyl adjacent to an activating group) is 1. The summed E-state index contributed by atoms with van der Waals surface area (Å²) in [7, 11) is 0.272. The number of sulfonamides is 1. The predicted octanol–water partition coefficient (Wildman–Crippen LogP) is 5.32. The molecule has 3 aromatic rings. The second kappa shape index (κ2) is 14.3. The minimum Gasteiger partial charge on any atom is -0.475 e. The zero-order valence-corrected chi connectivity index (χ0v) is 24.2. The molecule has 0 saturated heterocycles. The average molecular weight is 616 g/mol. The lowest BCUT2D eigenvalue weighted by atomic mass is 9.84. The van der Waals surface area contributed by atoms with Crippen LogP contribution in [0.2, 0.25) is 5.02 Å². The number of carbonyl (C=O) groups is 1. The molecule has 1 atom stereocenters. The minimum atomic E-state index is -5.08. The van der Waals surface area contributed by atoms with Crippen LogP contribution in [0.5, 0.6) is 0 Å². The fourth-order valence-electron chi connectivity index (χ4n) is 4.66. The van der Waals surface area contributed by atoms with Crippen LogP contribution in [-0.4, -0.2) is 67.2 Å².